The van der Waals surface area contributed by atoms with E-state index in [1.807, 2.05) is 6.07 Å². The monoisotopic (exact) mass is 248 g/mol. The lowest BCUT2D eigenvalue weighted by Crippen LogP contribution is -2.33. The Bertz CT molecular complexity index is 437. The standard InChI is InChI=1S/C14H20N2O2/c1-2-10-5-7-16(8-6-10)11-3-4-13(15)12(9-11)14(17)18/h3-4,9-10H,2,5-8,15H2,1H3,(H,17,18). The fraction of sp³-hybridized carbons (Fsp3) is 0.500. The van der Waals surface area contributed by atoms with Crippen LogP contribution in [0.1, 0.15) is 36.5 Å². The van der Waals surface area contributed by atoms with Crippen LogP contribution in [0.5, 0.6) is 0 Å². The maximum absolute atomic E-state index is 11.1. The first-order valence-electron chi connectivity index (χ1n) is 6.49. The summed E-state index contributed by atoms with van der Waals surface area (Å²) in [6.07, 6.45) is 3.60. The number of nitrogen functional groups attached to an aromatic ring is 1. The van der Waals surface area contributed by atoms with Crippen LogP contribution in [0.15, 0.2) is 18.2 Å². The van der Waals surface area contributed by atoms with Gasteiger partial charge in [-0.05, 0) is 37.0 Å². The van der Waals surface area contributed by atoms with Gasteiger partial charge in [-0.25, -0.2) is 4.79 Å². The van der Waals surface area contributed by atoms with E-state index >= 15 is 0 Å². The van der Waals surface area contributed by atoms with Gasteiger partial charge in [0.25, 0.3) is 0 Å². The molecule has 1 saturated heterocycles. The van der Waals surface area contributed by atoms with E-state index in [9.17, 15) is 4.79 Å². The van der Waals surface area contributed by atoms with Crippen LogP contribution >= 0.6 is 0 Å². The molecule has 0 saturated carbocycles. The molecule has 0 unspecified atom stereocenters. The largest absolute Gasteiger partial charge is 0.478 e. The van der Waals surface area contributed by atoms with Crippen LogP contribution in [-0.4, -0.2) is 24.2 Å². The number of carboxylic acid groups (broad SMARTS) is 1. The fourth-order valence-corrected chi connectivity index (χ4v) is 2.53. The van der Waals surface area contributed by atoms with E-state index in [0.717, 1.165) is 24.7 Å². The molecule has 1 fully saturated rings. The molecule has 0 bridgehead atoms. The summed E-state index contributed by atoms with van der Waals surface area (Å²) in [5.74, 6) is -0.147. The predicted octanol–water partition coefficient (Wildman–Crippen LogP) is 2.59. The Morgan fingerprint density at radius 1 is 1.44 bits per heavy atom. The Kier molecular flexibility index (Phi) is 3.75. The van der Waals surface area contributed by atoms with Gasteiger partial charge in [0.2, 0.25) is 0 Å². The normalized spacial score (nSPS) is 16.8. The first-order chi connectivity index (χ1) is 8.61. The Hall–Kier alpha value is -1.71. The van der Waals surface area contributed by atoms with Crippen molar-refractivity contribution in [3.05, 3.63) is 23.8 Å². The lowest BCUT2D eigenvalue weighted by Gasteiger charge is -2.33. The summed E-state index contributed by atoms with van der Waals surface area (Å²) in [5.41, 5.74) is 7.16. The molecular formula is C14H20N2O2. The molecule has 1 aromatic rings. The molecule has 1 heterocycles. The van der Waals surface area contributed by atoms with Crippen LogP contribution in [0, 0.1) is 5.92 Å². The lowest BCUT2D eigenvalue weighted by atomic mass is 9.94. The van der Waals surface area contributed by atoms with E-state index in [0.29, 0.717) is 5.69 Å². The fourth-order valence-electron chi connectivity index (χ4n) is 2.53. The number of anilines is 2. The number of aromatic carboxylic acids is 1. The van der Waals surface area contributed by atoms with Crippen LogP contribution in [-0.2, 0) is 0 Å². The van der Waals surface area contributed by atoms with Crippen molar-refractivity contribution in [2.45, 2.75) is 26.2 Å². The summed E-state index contributed by atoms with van der Waals surface area (Å²) in [6, 6.07) is 5.28. The minimum atomic E-state index is -0.960. The minimum Gasteiger partial charge on any atom is -0.478 e. The van der Waals surface area contributed by atoms with Gasteiger partial charge in [0, 0.05) is 24.5 Å². The number of nitrogens with zero attached hydrogens (tertiary/aromatic N) is 1. The van der Waals surface area contributed by atoms with Gasteiger partial charge in [-0.2, -0.15) is 0 Å². The number of carboxylic acids is 1. The molecule has 1 aromatic carbocycles. The van der Waals surface area contributed by atoms with Crippen LogP contribution < -0.4 is 10.6 Å². The Morgan fingerprint density at radius 3 is 2.67 bits per heavy atom. The SMILES string of the molecule is CCC1CCN(c2ccc(N)c(C(=O)O)c2)CC1. The molecule has 2 rings (SSSR count). The highest BCUT2D eigenvalue weighted by Gasteiger charge is 2.19. The molecule has 4 nitrogen and oxygen atoms in total. The molecule has 0 radical (unpaired) electrons. The number of hydrogen-bond acceptors (Lipinski definition) is 3. The zero-order chi connectivity index (χ0) is 13.1. The van der Waals surface area contributed by atoms with Crippen molar-refractivity contribution < 1.29 is 9.90 Å². The van der Waals surface area contributed by atoms with Gasteiger partial charge < -0.3 is 15.7 Å². The molecule has 4 heteroatoms. The van der Waals surface area contributed by atoms with E-state index in [2.05, 4.69) is 11.8 Å². The topological polar surface area (TPSA) is 66.6 Å². The minimum absolute atomic E-state index is 0.199. The van der Waals surface area contributed by atoms with Crippen molar-refractivity contribution in [3.8, 4) is 0 Å². The third-order valence-corrected chi connectivity index (χ3v) is 3.82. The summed E-state index contributed by atoms with van der Waals surface area (Å²) >= 11 is 0. The van der Waals surface area contributed by atoms with Gasteiger partial charge in [0.15, 0.2) is 0 Å². The lowest BCUT2D eigenvalue weighted by molar-refractivity contribution is 0.0698. The predicted molar refractivity (Wildman–Crippen MR) is 73.0 cm³/mol. The van der Waals surface area contributed by atoms with E-state index < -0.39 is 5.97 Å². The summed E-state index contributed by atoms with van der Waals surface area (Å²) in [7, 11) is 0. The van der Waals surface area contributed by atoms with E-state index in [4.69, 9.17) is 10.8 Å². The quantitative estimate of drug-likeness (QED) is 0.807. The maximum Gasteiger partial charge on any atom is 0.337 e. The average Bonchev–Trinajstić information content (AvgIpc) is 2.39. The van der Waals surface area contributed by atoms with Crippen molar-refractivity contribution in [2.75, 3.05) is 23.7 Å². The summed E-state index contributed by atoms with van der Waals surface area (Å²) in [6.45, 7) is 4.23. The van der Waals surface area contributed by atoms with Crippen LogP contribution in [0.2, 0.25) is 0 Å². The van der Waals surface area contributed by atoms with Crippen molar-refractivity contribution >= 4 is 17.3 Å². The van der Waals surface area contributed by atoms with Crippen molar-refractivity contribution in [1.82, 2.24) is 0 Å². The van der Waals surface area contributed by atoms with Crippen LogP contribution in [0.25, 0.3) is 0 Å². The van der Waals surface area contributed by atoms with Gasteiger partial charge >= 0.3 is 5.97 Å². The molecule has 18 heavy (non-hydrogen) atoms. The molecule has 0 amide bonds. The number of nitrogens with two attached hydrogens (primary N) is 1. The molecule has 0 spiro atoms. The third kappa shape index (κ3) is 2.58. The number of rotatable bonds is 3. The van der Waals surface area contributed by atoms with Gasteiger partial charge in [0.05, 0.1) is 5.56 Å². The number of carbonyl (C=O) groups is 1. The molecule has 3 N–H and O–H groups in total. The molecule has 0 aromatic heterocycles. The van der Waals surface area contributed by atoms with Gasteiger partial charge in [-0.1, -0.05) is 13.3 Å². The van der Waals surface area contributed by atoms with Crippen LogP contribution in [0.4, 0.5) is 11.4 Å². The zero-order valence-corrected chi connectivity index (χ0v) is 10.7. The number of benzene rings is 1. The first-order valence-corrected chi connectivity index (χ1v) is 6.49. The molecular weight excluding hydrogens is 228 g/mol. The summed E-state index contributed by atoms with van der Waals surface area (Å²) in [5, 5.41) is 9.07. The van der Waals surface area contributed by atoms with Crippen molar-refractivity contribution in [2.24, 2.45) is 5.92 Å². The molecule has 98 valence electrons. The Labute approximate surface area is 107 Å². The van der Waals surface area contributed by atoms with Crippen LogP contribution in [0.3, 0.4) is 0 Å². The average molecular weight is 248 g/mol. The zero-order valence-electron chi connectivity index (χ0n) is 10.7. The number of piperidine rings is 1. The van der Waals surface area contributed by atoms with Gasteiger partial charge in [-0.15, -0.1) is 0 Å². The van der Waals surface area contributed by atoms with Crippen molar-refractivity contribution in [1.29, 1.82) is 0 Å². The Balaban J connectivity index is 2.15. The van der Waals surface area contributed by atoms with Gasteiger partial charge in [0.1, 0.15) is 0 Å². The highest BCUT2D eigenvalue weighted by Crippen LogP contribution is 2.27. The molecule has 1 aliphatic heterocycles. The molecule has 0 atom stereocenters. The first kappa shape index (κ1) is 12.7. The van der Waals surface area contributed by atoms with E-state index in [1.54, 1.807) is 12.1 Å². The molecule has 0 aliphatic carbocycles. The maximum atomic E-state index is 11.1. The second kappa shape index (κ2) is 5.29. The van der Waals surface area contributed by atoms with E-state index in [-0.39, 0.29) is 5.56 Å². The highest BCUT2D eigenvalue weighted by molar-refractivity contribution is 5.94. The number of hydrogen-bond donors (Lipinski definition) is 2. The summed E-state index contributed by atoms with van der Waals surface area (Å²) < 4.78 is 0. The Morgan fingerprint density at radius 2 is 2.11 bits per heavy atom. The van der Waals surface area contributed by atoms with Crippen molar-refractivity contribution in [3.63, 3.8) is 0 Å². The molecule has 1 aliphatic rings. The second-order valence-electron chi connectivity index (χ2n) is 4.92. The smallest absolute Gasteiger partial charge is 0.337 e. The van der Waals surface area contributed by atoms with E-state index in [1.165, 1.54) is 19.3 Å². The highest BCUT2D eigenvalue weighted by atomic mass is 16.4. The summed E-state index contributed by atoms with van der Waals surface area (Å²) in [4.78, 5) is 13.3. The third-order valence-electron chi connectivity index (χ3n) is 3.82. The second-order valence-corrected chi connectivity index (χ2v) is 4.92. The van der Waals surface area contributed by atoms with Gasteiger partial charge in [-0.3, -0.25) is 0 Å².